The Morgan fingerprint density at radius 2 is 2.20 bits per heavy atom. The molecule has 116 valence electrons. The van der Waals surface area contributed by atoms with Gasteiger partial charge in [0.05, 0.1) is 25.4 Å². The lowest BCUT2D eigenvalue weighted by molar-refractivity contribution is -0.125. The highest BCUT2D eigenvalue weighted by Crippen LogP contribution is 2.33. The molecule has 1 aliphatic rings. The largest absolute Gasteiger partial charge is 0.492 e. The van der Waals surface area contributed by atoms with Crippen molar-refractivity contribution in [2.75, 3.05) is 25.9 Å². The zero-order valence-electron chi connectivity index (χ0n) is 11.6. The number of carbonyl (C=O) groups is 1. The minimum atomic E-state index is -3.79. The van der Waals surface area contributed by atoms with Gasteiger partial charge in [0.1, 0.15) is 6.42 Å². The van der Waals surface area contributed by atoms with Gasteiger partial charge in [0.2, 0.25) is 10.5 Å². The molecule has 1 N–H and O–H groups in total. The smallest absolute Gasteiger partial charge is 0.300 e. The highest BCUT2D eigenvalue weighted by molar-refractivity contribution is 8.38. The molecular formula is C11H20NO5PS2. The van der Waals surface area contributed by atoms with Crippen LogP contribution < -0.4 is 0 Å². The van der Waals surface area contributed by atoms with E-state index < -0.39 is 28.8 Å². The van der Waals surface area contributed by atoms with E-state index in [4.69, 9.17) is 17.0 Å². The molecule has 1 fully saturated rings. The van der Waals surface area contributed by atoms with Crippen molar-refractivity contribution in [3.63, 3.8) is 0 Å². The van der Waals surface area contributed by atoms with Gasteiger partial charge < -0.3 is 22.1 Å². The van der Waals surface area contributed by atoms with Gasteiger partial charge in [0.15, 0.2) is 0 Å². The van der Waals surface area contributed by atoms with Gasteiger partial charge in [-0.2, -0.15) is 8.42 Å². The van der Waals surface area contributed by atoms with Crippen molar-refractivity contribution >= 4 is 39.6 Å². The number of sulfonamides is 1. The molecule has 0 saturated carbocycles. The summed E-state index contributed by atoms with van der Waals surface area (Å²) >= 11 is 5.27. The molecule has 0 bridgehead atoms. The third-order valence-corrected chi connectivity index (χ3v) is 8.75. The quantitative estimate of drug-likeness (QED) is 0.411. The minimum absolute atomic E-state index is 0.140. The standard InChI is InChI=1S/C11H20NO5PS2/c1-3-17-5-4-6-18(19)11-7-10(14)12(8-9(2)13)20(11,15)16/h9,13H,3-8H2,1-2H3. The summed E-state index contributed by atoms with van der Waals surface area (Å²) in [4.78, 5) is 11.8. The van der Waals surface area contributed by atoms with E-state index in [1.165, 1.54) is 6.92 Å². The summed E-state index contributed by atoms with van der Waals surface area (Å²) in [5.74, 6) is -0.497. The topological polar surface area (TPSA) is 83.9 Å². The number of nitrogens with zero attached hydrogens (tertiary/aromatic N) is 1. The van der Waals surface area contributed by atoms with Gasteiger partial charge in [0, 0.05) is 13.0 Å². The molecule has 1 saturated heterocycles. The van der Waals surface area contributed by atoms with E-state index in [-0.39, 0.29) is 17.6 Å². The zero-order chi connectivity index (χ0) is 15.3. The van der Waals surface area contributed by atoms with Crippen LogP contribution in [0.25, 0.3) is 0 Å². The van der Waals surface area contributed by atoms with Crippen LogP contribution in [-0.4, -0.2) is 60.4 Å². The number of amides is 1. The average molecular weight is 341 g/mol. The monoisotopic (exact) mass is 341 g/mol. The molecule has 2 atom stereocenters. The third-order valence-electron chi connectivity index (χ3n) is 2.73. The second-order valence-electron chi connectivity index (χ2n) is 4.50. The molecule has 1 aliphatic heterocycles. The molecule has 6 nitrogen and oxygen atoms in total. The van der Waals surface area contributed by atoms with Gasteiger partial charge in [-0.25, -0.2) is 4.31 Å². The summed E-state index contributed by atoms with van der Waals surface area (Å²) in [7, 11) is -3.79. The first-order valence-corrected chi connectivity index (χ1v) is 10.4. The van der Waals surface area contributed by atoms with Crippen LogP contribution in [0.3, 0.4) is 0 Å². The summed E-state index contributed by atoms with van der Waals surface area (Å²) < 4.78 is 30.6. The Balaban J connectivity index is 2.83. The van der Waals surface area contributed by atoms with Crippen LogP contribution in [0.1, 0.15) is 26.7 Å². The predicted octanol–water partition coefficient (Wildman–Crippen LogP) is 0.430. The maximum Gasteiger partial charge on any atom is 0.300 e. The van der Waals surface area contributed by atoms with Crippen molar-refractivity contribution in [3.05, 3.63) is 0 Å². The summed E-state index contributed by atoms with van der Waals surface area (Å²) in [6.07, 6.45) is 0.211. The van der Waals surface area contributed by atoms with E-state index in [2.05, 4.69) is 0 Å². The fourth-order valence-corrected chi connectivity index (χ4v) is 7.12. The van der Waals surface area contributed by atoms with Gasteiger partial charge in [-0.3, -0.25) is 4.79 Å². The Labute approximate surface area is 126 Å². The molecule has 1 heterocycles. The molecular weight excluding hydrogens is 321 g/mol. The number of aliphatic hydroxyl groups excluding tert-OH is 1. The summed E-state index contributed by atoms with van der Waals surface area (Å²) in [5, 5.41) is 9.28. The first-order valence-electron chi connectivity index (χ1n) is 6.42. The lowest BCUT2D eigenvalue weighted by Crippen LogP contribution is -2.36. The molecule has 1 rings (SSSR count). The van der Waals surface area contributed by atoms with E-state index in [0.717, 1.165) is 4.31 Å². The fourth-order valence-electron chi connectivity index (χ4n) is 1.81. The number of aliphatic hydroxyl groups is 1. The first kappa shape index (κ1) is 17.9. The molecule has 0 aromatic heterocycles. The minimum Gasteiger partial charge on any atom is -0.492 e. The molecule has 0 aliphatic carbocycles. The van der Waals surface area contributed by atoms with Crippen LogP contribution >= 0.6 is 6.75 Å². The molecule has 0 aromatic rings. The van der Waals surface area contributed by atoms with Crippen molar-refractivity contribution in [1.29, 1.82) is 0 Å². The van der Waals surface area contributed by atoms with Gasteiger partial charge in [-0.05, 0) is 20.6 Å². The summed E-state index contributed by atoms with van der Waals surface area (Å²) in [5.41, 5.74) is 0. The Morgan fingerprint density at radius 3 is 2.75 bits per heavy atom. The number of carbonyl (C=O) groups excluding carboxylic acids is 1. The zero-order valence-corrected chi connectivity index (χ0v) is 14.1. The van der Waals surface area contributed by atoms with Crippen molar-refractivity contribution in [1.82, 2.24) is 4.31 Å². The normalized spacial score (nSPS) is 22.2. The fraction of sp³-hybridized carbons (Fsp3) is 0.818. The average Bonchev–Trinajstić information content (AvgIpc) is 2.57. The van der Waals surface area contributed by atoms with E-state index in [0.29, 0.717) is 25.8 Å². The maximum absolute atomic E-state index is 12.2. The number of ether oxygens (including phenoxy) is 1. The van der Waals surface area contributed by atoms with Gasteiger partial charge in [-0.15, -0.1) is 0 Å². The SMILES string of the molecule is CCOCCC[P+]([S-])=C1CC(=O)N(CC(C)O)S1(=O)=O. The van der Waals surface area contributed by atoms with Crippen molar-refractivity contribution in [3.8, 4) is 0 Å². The van der Waals surface area contributed by atoms with Crippen molar-refractivity contribution < 1.29 is 23.1 Å². The third kappa shape index (κ3) is 4.43. The van der Waals surface area contributed by atoms with Gasteiger partial charge in [0.25, 0.3) is 0 Å². The van der Waals surface area contributed by atoms with Crippen molar-refractivity contribution in [2.45, 2.75) is 32.8 Å². The summed E-state index contributed by atoms with van der Waals surface area (Å²) in [6.45, 7) is 3.01. The molecule has 2 unspecified atom stereocenters. The first-order chi connectivity index (χ1) is 9.30. The Bertz CT molecular complexity index is 489. The molecule has 0 aromatic carbocycles. The maximum atomic E-state index is 12.2. The molecule has 9 heteroatoms. The van der Waals surface area contributed by atoms with E-state index in [1.807, 2.05) is 6.92 Å². The number of hydrogen-bond acceptors (Lipinski definition) is 6. The second-order valence-corrected chi connectivity index (χ2v) is 9.75. The van der Waals surface area contributed by atoms with E-state index in [9.17, 15) is 18.3 Å². The van der Waals surface area contributed by atoms with Gasteiger partial charge >= 0.3 is 10.0 Å². The van der Waals surface area contributed by atoms with E-state index >= 15 is 0 Å². The molecule has 0 spiro atoms. The Morgan fingerprint density at radius 1 is 1.55 bits per heavy atom. The van der Waals surface area contributed by atoms with Gasteiger partial charge in [-0.1, -0.05) is 0 Å². The number of β-amino-alcohol motifs (C(OH)–C–C–N with tert-alkyl or cyclic N) is 1. The molecule has 1 amide bonds. The Hall–Kier alpha value is -0.140. The number of hydrogen-bond donors (Lipinski definition) is 1. The lowest BCUT2D eigenvalue weighted by Gasteiger charge is -2.15. The highest BCUT2D eigenvalue weighted by atomic mass is 32.7. The summed E-state index contributed by atoms with van der Waals surface area (Å²) in [6, 6.07) is 0. The second kappa shape index (κ2) is 7.75. The van der Waals surface area contributed by atoms with E-state index in [1.54, 1.807) is 0 Å². The lowest BCUT2D eigenvalue weighted by atomic mass is 10.4. The van der Waals surface area contributed by atoms with Crippen molar-refractivity contribution in [2.24, 2.45) is 0 Å². The molecule has 0 radical (unpaired) electrons. The highest BCUT2D eigenvalue weighted by Gasteiger charge is 2.45. The van der Waals surface area contributed by atoms with Crippen LogP contribution in [-0.2, 0) is 31.8 Å². The van der Waals surface area contributed by atoms with Crippen LogP contribution in [0.15, 0.2) is 0 Å². The van der Waals surface area contributed by atoms with Crippen LogP contribution in [0, 0.1) is 0 Å². The number of rotatable bonds is 7. The van der Waals surface area contributed by atoms with Crippen LogP contribution in [0.2, 0.25) is 0 Å². The van der Waals surface area contributed by atoms with Crippen LogP contribution in [0.4, 0.5) is 0 Å². The predicted molar refractivity (Wildman–Crippen MR) is 82.2 cm³/mol. The molecule has 20 heavy (non-hydrogen) atoms. The Kier molecular flexibility index (Phi) is 6.94. The van der Waals surface area contributed by atoms with Crippen LogP contribution in [0.5, 0.6) is 0 Å².